The van der Waals surface area contributed by atoms with Crippen LogP contribution >= 0.6 is 11.8 Å². The minimum absolute atomic E-state index is 0.342. The monoisotopic (exact) mass is 302 g/mol. The van der Waals surface area contributed by atoms with Gasteiger partial charge >= 0.3 is 0 Å². The maximum Gasteiger partial charge on any atom is 0.147 e. The summed E-state index contributed by atoms with van der Waals surface area (Å²) in [6, 6.07) is 8.47. The van der Waals surface area contributed by atoms with Crippen LogP contribution in [0.1, 0.15) is 42.4 Å². The zero-order valence-electron chi connectivity index (χ0n) is 13.0. The van der Waals surface area contributed by atoms with Crippen molar-refractivity contribution >= 4 is 17.6 Å². The number of nitrogens with two attached hydrogens (primary N) is 1. The zero-order chi connectivity index (χ0) is 15.4. The van der Waals surface area contributed by atoms with E-state index in [1.165, 1.54) is 10.5 Å². The minimum atomic E-state index is 0.342. The Bertz CT molecular complexity index is 608. The second-order valence-corrected chi connectivity index (χ2v) is 6.44. The average Bonchev–Trinajstić information content (AvgIpc) is 2.45. The third-order valence-electron chi connectivity index (χ3n) is 3.29. The summed E-state index contributed by atoms with van der Waals surface area (Å²) in [7, 11) is 0. The van der Waals surface area contributed by atoms with E-state index in [4.69, 9.17) is 5.84 Å². The van der Waals surface area contributed by atoms with Gasteiger partial charge in [-0.1, -0.05) is 31.5 Å². The maximum absolute atomic E-state index is 5.60. The van der Waals surface area contributed by atoms with Crippen molar-refractivity contribution in [3.05, 3.63) is 46.9 Å². The number of thioether (sulfide) groups is 1. The van der Waals surface area contributed by atoms with Crippen molar-refractivity contribution in [2.45, 2.75) is 44.3 Å². The Morgan fingerprint density at radius 2 is 1.81 bits per heavy atom. The minimum Gasteiger partial charge on any atom is -0.308 e. The van der Waals surface area contributed by atoms with Crippen molar-refractivity contribution in [3.8, 4) is 0 Å². The van der Waals surface area contributed by atoms with Gasteiger partial charge in [0.15, 0.2) is 0 Å². The van der Waals surface area contributed by atoms with Crippen molar-refractivity contribution in [1.29, 1.82) is 0 Å². The lowest BCUT2D eigenvalue weighted by Crippen LogP contribution is -2.15. The molecule has 0 spiro atoms. The number of nitrogen functional groups attached to an aromatic ring is 1. The number of hydrogen-bond acceptors (Lipinski definition) is 5. The number of anilines is 1. The van der Waals surface area contributed by atoms with Crippen molar-refractivity contribution in [2.75, 3.05) is 5.43 Å². The fourth-order valence-electron chi connectivity index (χ4n) is 2.29. The molecule has 0 aliphatic carbocycles. The molecule has 0 fully saturated rings. The van der Waals surface area contributed by atoms with Gasteiger partial charge in [0.2, 0.25) is 0 Å². The molecule has 0 atom stereocenters. The lowest BCUT2D eigenvalue weighted by Gasteiger charge is -2.15. The van der Waals surface area contributed by atoms with E-state index < -0.39 is 0 Å². The van der Waals surface area contributed by atoms with E-state index >= 15 is 0 Å². The SMILES string of the molecule is Cc1ccc(SCc2nc(C)c(C(C)C)c(NN)n2)cc1. The number of rotatable bonds is 5. The largest absolute Gasteiger partial charge is 0.308 e. The summed E-state index contributed by atoms with van der Waals surface area (Å²) in [5.41, 5.74) is 6.05. The Balaban J connectivity index is 2.17. The Kier molecular flexibility index (Phi) is 5.20. The van der Waals surface area contributed by atoms with Crippen molar-refractivity contribution in [3.63, 3.8) is 0 Å². The van der Waals surface area contributed by atoms with Gasteiger partial charge in [-0.05, 0) is 31.9 Å². The summed E-state index contributed by atoms with van der Waals surface area (Å²) in [5, 5.41) is 0. The highest BCUT2D eigenvalue weighted by atomic mass is 32.2. The number of hydrogen-bond donors (Lipinski definition) is 2. The molecule has 1 aromatic heterocycles. The number of benzene rings is 1. The Labute approximate surface area is 130 Å². The predicted molar refractivity (Wildman–Crippen MR) is 89.4 cm³/mol. The van der Waals surface area contributed by atoms with Crippen molar-refractivity contribution < 1.29 is 0 Å². The quantitative estimate of drug-likeness (QED) is 0.500. The van der Waals surface area contributed by atoms with Crippen LogP contribution in [0.25, 0.3) is 0 Å². The molecule has 0 radical (unpaired) electrons. The van der Waals surface area contributed by atoms with Crippen LogP contribution in [0, 0.1) is 13.8 Å². The second kappa shape index (κ2) is 6.91. The summed E-state index contributed by atoms with van der Waals surface area (Å²) >= 11 is 1.73. The molecule has 0 aliphatic heterocycles. The molecule has 2 rings (SSSR count). The molecule has 0 bridgehead atoms. The van der Waals surface area contributed by atoms with Crippen LogP contribution in [0.5, 0.6) is 0 Å². The van der Waals surface area contributed by atoms with Crippen molar-refractivity contribution in [2.24, 2.45) is 5.84 Å². The van der Waals surface area contributed by atoms with Gasteiger partial charge in [0.1, 0.15) is 11.6 Å². The Morgan fingerprint density at radius 3 is 2.38 bits per heavy atom. The molecule has 4 nitrogen and oxygen atoms in total. The molecule has 112 valence electrons. The van der Waals surface area contributed by atoms with Crippen LogP contribution in [-0.2, 0) is 5.75 Å². The molecule has 2 aromatic rings. The highest BCUT2D eigenvalue weighted by molar-refractivity contribution is 7.98. The lowest BCUT2D eigenvalue weighted by atomic mass is 10.0. The number of hydrazine groups is 1. The van der Waals surface area contributed by atoms with Crippen molar-refractivity contribution in [1.82, 2.24) is 9.97 Å². The van der Waals surface area contributed by atoms with Gasteiger partial charge in [0, 0.05) is 16.2 Å². The molecule has 3 N–H and O–H groups in total. The maximum atomic E-state index is 5.60. The topological polar surface area (TPSA) is 63.8 Å². The molecule has 0 amide bonds. The number of nitrogens with one attached hydrogen (secondary N) is 1. The first-order valence-electron chi connectivity index (χ1n) is 7.04. The lowest BCUT2D eigenvalue weighted by molar-refractivity contribution is 0.818. The summed E-state index contributed by atoms with van der Waals surface area (Å²) in [4.78, 5) is 10.4. The normalized spacial score (nSPS) is 11.0. The van der Waals surface area contributed by atoms with Gasteiger partial charge in [-0.15, -0.1) is 11.8 Å². The van der Waals surface area contributed by atoms with Gasteiger partial charge in [0.05, 0.1) is 5.75 Å². The first-order chi connectivity index (χ1) is 10.0. The molecule has 0 aliphatic rings. The van der Waals surface area contributed by atoms with E-state index in [9.17, 15) is 0 Å². The third kappa shape index (κ3) is 3.95. The van der Waals surface area contributed by atoms with Gasteiger partial charge in [-0.25, -0.2) is 15.8 Å². The van der Waals surface area contributed by atoms with Gasteiger partial charge in [0.25, 0.3) is 0 Å². The Morgan fingerprint density at radius 1 is 1.14 bits per heavy atom. The fourth-order valence-corrected chi connectivity index (χ4v) is 3.04. The molecule has 1 heterocycles. The van der Waals surface area contributed by atoms with E-state index in [2.05, 4.69) is 60.4 Å². The molecule has 5 heteroatoms. The molecule has 1 aromatic carbocycles. The molecular weight excluding hydrogens is 280 g/mol. The van der Waals surface area contributed by atoms with Crippen LogP contribution in [0.3, 0.4) is 0 Å². The van der Waals surface area contributed by atoms with Crippen LogP contribution in [0.15, 0.2) is 29.2 Å². The molecule has 21 heavy (non-hydrogen) atoms. The van der Waals surface area contributed by atoms with E-state index in [0.29, 0.717) is 5.92 Å². The Hall–Kier alpha value is -1.59. The number of aromatic nitrogens is 2. The standard InChI is InChI=1S/C16H22N4S/c1-10(2)15-12(4)18-14(19-16(15)20-17)9-21-13-7-5-11(3)6-8-13/h5-8,10H,9,17H2,1-4H3,(H,18,19,20). The van der Waals surface area contributed by atoms with Crippen LogP contribution in [0.4, 0.5) is 5.82 Å². The highest BCUT2D eigenvalue weighted by Crippen LogP contribution is 2.27. The van der Waals surface area contributed by atoms with Gasteiger partial charge in [-0.2, -0.15) is 0 Å². The molecule has 0 saturated carbocycles. The summed E-state index contributed by atoms with van der Waals surface area (Å²) in [5.74, 6) is 8.21. The number of aryl methyl sites for hydroxylation is 2. The van der Waals surface area contributed by atoms with E-state index in [1.807, 2.05) is 6.92 Å². The highest BCUT2D eigenvalue weighted by Gasteiger charge is 2.14. The van der Waals surface area contributed by atoms with Gasteiger partial charge in [-0.3, -0.25) is 0 Å². The average molecular weight is 302 g/mol. The van der Waals surface area contributed by atoms with Crippen LogP contribution in [-0.4, -0.2) is 9.97 Å². The number of nitrogens with zero attached hydrogens (tertiary/aromatic N) is 2. The fraction of sp³-hybridized carbons (Fsp3) is 0.375. The smallest absolute Gasteiger partial charge is 0.147 e. The van der Waals surface area contributed by atoms with Crippen LogP contribution in [0.2, 0.25) is 0 Å². The van der Waals surface area contributed by atoms with E-state index in [0.717, 1.165) is 28.7 Å². The summed E-state index contributed by atoms with van der Waals surface area (Å²) in [6.45, 7) is 8.34. The third-order valence-corrected chi connectivity index (χ3v) is 4.29. The van der Waals surface area contributed by atoms with E-state index in [1.54, 1.807) is 11.8 Å². The van der Waals surface area contributed by atoms with E-state index in [-0.39, 0.29) is 0 Å². The molecule has 0 saturated heterocycles. The summed E-state index contributed by atoms with van der Waals surface area (Å²) < 4.78 is 0. The molecular formula is C16H22N4S. The first-order valence-corrected chi connectivity index (χ1v) is 8.03. The summed E-state index contributed by atoms with van der Waals surface area (Å²) in [6.07, 6.45) is 0. The molecule has 0 unspecified atom stereocenters. The second-order valence-electron chi connectivity index (χ2n) is 5.39. The van der Waals surface area contributed by atoms with Gasteiger partial charge < -0.3 is 5.43 Å². The predicted octanol–water partition coefficient (Wildman–Crippen LogP) is 3.79. The first kappa shape index (κ1) is 15.8. The van der Waals surface area contributed by atoms with Crippen LogP contribution < -0.4 is 11.3 Å². The zero-order valence-corrected chi connectivity index (χ0v) is 13.8.